The minimum Gasteiger partial charge on any atom is -0.399 e. The lowest BCUT2D eigenvalue weighted by Gasteiger charge is -2.34. The summed E-state index contributed by atoms with van der Waals surface area (Å²) in [5, 5.41) is 3.48. The Hall–Kier alpha value is -1.18. The lowest BCUT2D eigenvalue weighted by molar-refractivity contribution is 0.309. The first kappa shape index (κ1) is 8.42. The van der Waals surface area contributed by atoms with Crippen LogP contribution in [0.25, 0.3) is 0 Å². The van der Waals surface area contributed by atoms with Gasteiger partial charge in [-0.1, -0.05) is 6.92 Å². The summed E-state index contributed by atoms with van der Waals surface area (Å²) in [6.07, 6.45) is 2.59. The van der Waals surface area contributed by atoms with Crippen LogP contribution < -0.4 is 11.1 Å². The van der Waals surface area contributed by atoms with Gasteiger partial charge in [-0.25, -0.2) is 0 Å². The SMILES string of the molecule is CC1CC(Nc2ccc(N)cc2)C1. The van der Waals surface area contributed by atoms with E-state index >= 15 is 0 Å². The van der Waals surface area contributed by atoms with E-state index in [9.17, 15) is 0 Å². The number of nitrogens with one attached hydrogen (secondary N) is 1. The molecule has 70 valence electrons. The molecule has 0 bridgehead atoms. The van der Waals surface area contributed by atoms with Crippen LogP contribution in [0.15, 0.2) is 24.3 Å². The van der Waals surface area contributed by atoms with Gasteiger partial charge in [-0.05, 0) is 43.0 Å². The molecule has 0 heterocycles. The zero-order valence-electron chi connectivity index (χ0n) is 7.96. The first-order chi connectivity index (χ1) is 6.24. The number of benzene rings is 1. The van der Waals surface area contributed by atoms with Gasteiger partial charge in [-0.15, -0.1) is 0 Å². The molecule has 2 nitrogen and oxygen atoms in total. The molecular formula is C11H16N2. The summed E-state index contributed by atoms with van der Waals surface area (Å²) in [5.74, 6) is 0.895. The van der Waals surface area contributed by atoms with E-state index < -0.39 is 0 Å². The largest absolute Gasteiger partial charge is 0.399 e. The molecule has 0 saturated heterocycles. The summed E-state index contributed by atoms with van der Waals surface area (Å²) < 4.78 is 0. The van der Waals surface area contributed by atoms with Crippen molar-refractivity contribution in [3.63, 3.8) is 0 Å². The van der Waals surface area contributed by atoms with E-state index in [4.69, 9.17) is 5.73 Å². The second-order valence-corrected chi connectivity index (χ2v) is 4.04. The fourth-order valence-corrected chi connectivity index (χ4v) is 1.84. The first-order valence-corrected chi connectivity index (χ1v) is 4.86. The van der Waals surface area contributed by atoms with E-state index in [1.54, 1.807) is 0 Å². The molecule has 1 aliphatic carbocycles. The minimum atomic E-state index is 0.679. The van der Waals surface area contributed by atoms with Crippen LogP contribution in [0, 0.1) is 5.92 Å². The van der Waals surface area contributed by atoms with Gasteiger partial charge in [0.1, 0.15) is 0 Å². The second kappa shape index (κ2) is 3.29. The summed E-state index contributed by atoms with van der Waals surface area (Å²) in [6.45, 7) is 2.29. The summed E-state index contributed by atoms with van der Waals surface area (Å²) >= 11 is 0. The summed E-state index contributed by atoms with van der Waals surface area (Å²) in [5.41, 5.74) is 7.61. The Kier molecular flexibility index (Phi) is 2.13. The van der Waals surface area contributed by atoms with E-state index in [-0.39, 0.29) is 0 Å². The Bertz CT molecular complexity index is 273. The van der Waals surface area contributed by atoms with Crippen molar-refractivity contribution in [2.45, 2.75) is 25.8 Å². The van der Waals surface area contributed by atoms with Crippen molar-refractivity contribution >= 4 is 11.4 Å². The van der Waals surface area contributed by atoms with E-state index in [1.807, 2.05) is 24.3 Å². The maximum atomic E-state index is 5.60. The molecule has 2 heteroatoms. The standard InChI is InChI=1S/C11H16N2/c1-8-6-11(7-8)13-10-4-2-9(12)3-5-10/h2-5,8,11,13H,6-7,12H2,1H3. The molecule has 1 aromatic carbocycles. The van der Waals surface area contributed by atoms with Crippen molar-refractivity contribution in [1.82, 2.24) is 0 Å². The summed E-state index contributed by atoms with van der Waals surface area (Å²) in [6, 6.07) is 8.63. The molecule has 0 spiro atoms. The summed E-state index contributed by atoms with van der Waals surface area (Å²) in [7, 11) is 0. The highest BCUT2D eigenvalue weighted by Gasteiger charge is 2.24. The minimum absolute atomic E-state index is 0.679. The zero-order chi connectivity index (χ0) is 9.26. The highest BCUT2D eigenvalue weighted by molar-refractivity contribution is 5.51. The van der Waals surface area contributed by atoms with Gasteiger partial charge >= 0.3 is 0 Å². The molecule has 2 rings (SSSR count). The van der Waals surface area contributed by atoms with Crippen molar-refractivity contribution in [1.29, 1.82) is 0 Å². The Morgan fingerprint density at radius 3 is 2.38 bits per heavy atom. The second-order valence-electron chi connectivity index (χ2n) is 4.04. The highest BCUT2D eigenvalue weighted by atomic mass is 14.9. The van der Waals surface area contributed by atoms with Crippen LogP contribution in [0.1, 0.15) is 19.8 Å². The number of nitrogen functional groups attached to an aromatic ring is 1. The first-order valence-electron chi connectivity index (χ1n) is 4.86. The lowest BCUT2D eigenvalue weighted by Crippen LogP contribution is -2.33. The van der Waals surface area contributed by atoms with Gasteiger partial charge in [0.25, 0.3) is 0 Å². The van der Waals surface area contributed by atoms with Crippen molar-refractivity contribution in [3.8, 4) is 0 Å². The van der Waals surface area contributed by atoms with E-state index in [2.05, 4.69) is 12.2 Å². The van der Waals surface area contributed by atoms with Gasteiger partial charge in [-0.2, -0.15) is 0 Å². The van der Waals surface area contributed by atoms with Gasteiger partial charge in [0.2, 0.25) is 0 Å². The molecule has 0 aromatic heterocycles. The third kappa shape index (κ3) is 1.94. The van der Waals surface area contributed by atoms with Crippen molar-refractivity contribution < 1.29 is 0 Å². The van der Waals surface area contributed by atoms with Crippen LogP contribution in [0.4, 0.5) is 11.4 Å². The van der Waals surface area contributed by atoms with Crippen molar-refractivity contribution in [3.05, 3.63) is 24.3 Å². The Morgan fingerprint density at radius 2 is 1.85 bits per heavy atom. The van der Waals surface area contributed by atoms with Crippen LogP contribution in [0.3, 0.4) is 0 Å². The molecule has 1 aliphatic rings. The van der Waals surface area contributed by atoms with Gasteiger partial charge in [-0.3, -0.25) is 0 Å². The normalized spacial score (nSPS) is 26.5. The number of nitrogens with two attached hydrogens (primary N) is 1. The average Bonchev–Trinajstić information content (AvgIpc) is 2.06. The molecular weight excluding hydrogens is 160 g/mol. The molecule has 0 atom stereocenters. The predicted octanol–water partition coefficient (Wildman–Crippen LogP) is 2.48. The maximum Gasteiger partial charge on any atom is 0.0343 e. The Labute approximate surface area is 79.1 Å². The van der Waals surface area contributed by atoms with E-state index in [1.165, 1.54) is 18.5 Å². The number of rotatable bonds is 2. The fourth-order valence-electron chi connectivity index (χ4n) is 1.84. The molecule has 1 aromatic rings. The molecule has 0 radical (unpaired) electrons. The van der Waals surface area contributed by atoms with Crippen LogP contribution >= 0.6 is 0 Å². The molecule has 0 amide bonds. The molecule has 1 fully saturated rings. The number of hydrogen-bond donors (Lipinski definition) is 2. The molecule has 3 N–H and O–H groups in total. The molecule has 0 unspecified atom stereocenters. The van der Waals surface area contributed by atoms with Gasteiger partial charge in [0.15, 0.2) is 0 Å². The van der Waals surface area contributed by atoms with Gasteiger partial charge in [0.05, 0.1) is 0 Å². The van der Waals surface area contributed by atoms with Crippen LogP contribution in [-0.4, -0.2) is 6.04 Å². The van der Waals surface area contributed by atoms with Crippen molar-refractivity contribution in [2.75, 3.05) is 11.1 Å². The fraction of sp³-hybridized carbons (Fsp3) is 0.455. The molecule has 0 aliphatic heterocycles. The average molecular weight is 176 g/mol. The van der Waals surface area contributed by atoms with Gasteiger partial charge < -0.3 is 11.1 Å². The molecule has 13 heavy (non-hydrogen) atoms. The maximum absolute atomic E-state index is 5.60. The summed E-state index contributed by atoms with van der Waals surface area (Å²) in [4.78, 5) is 0. The van der Waals surface area contributed by atoms with E-state index in [0.717, 1.165) is 11.6 Å². The lowest BCUT2D eigenvalue weighted by atomic mass is 9.82. The van der Waals surface area contributed by atoms with Crippen LogP contribution in [0.5, 0.6) is 0 Å². The highest BCUT2D eigenvalue weighted by Crippen LogP contribution is 2.29. The third-order valence-electron chi connectivity index (χ3n) is 2.66. The number of hydrogen-bond acceptors (Lipinski definition) is 2. The number of anilines is 2. The zero-order valence-corrected chi connectivity index (χ0v) is 7.96. The predicted molar refractivity (Wildman–Crippen MR) is 56.7 cm³/mol. The van der Waals surface area contributed by atoms with Gasteiger partial charge in [0, 0.05) is 17.4 Å². The van der Waals surface area contributed by atoms with Crippen LogP contribution in [0.2, 0.25) is 0 Å². The van der Waals surface area contributed by atoms with Crippen molar-refractivity contribution in [2.24, 2.45) is 5.92 Å². The third-order valence-corrected chi connectivity index (χ3v) is 2.66. The quantitative estimate of drug-likeness (QED) is 0.679. The Morgan fingerprint density at radius 1 is 1.23 bits per heavy atom. The molecule has 1 saturated carbocycles. The smallest absolute Gasteiger partial charge is 0.0343 e. The Balaban J connectivity index is 1.91. The topological polar surface area (TPSA) is 38.0 Å². The van der Waals surface area contributed by atoms with Crippen LogP contribution in [-0.2, 0) is 0 Å². The van der Waals surface area contributed by atoms with E-state index in [0.29, 0.717) is 6.04 Å². The monoisotopic (exact) mass is 176 g/mol.